The molecule has 0 aromatic heterocycles. The fourth-order valence-electron chi connectivity index (χ4n) is 2.49. The highest BCUT2D eigenvalue weighted by molar-refractivity contribution is 5.78. The van der Waals surface area contributed by atoms with Crippen LogP contribution in [0.2, 0.25) is 0 Å². The summed E-state index contributed by atoms with van der Waals surface area (Å²) >= 11 is 0. The van der Waals surface area contributed by atoms with Crippen LogP contribution in [0.5, 0.6) is 5.75 Å². The molecule has 0 bridgehead atoms. The van der Waals surface area contributed by atoms with Crippen LogP contribution >= 0.6 is 0 Å². The Balaban J connectivity index is 2.13. The summed E-state index contributed by atoms with van der Waals surface area (Å²) in [6.07, 6.45) is 0.570. The molecule has 1 unspecified atom stereocenters. The molecule has 0 saturated heterocycles. The van der Waals surface area contributed by atoms with Crippen molar-refractivity contribution in [1.82, 2.24) is 0 Å². The zero-order chi connectivity index (χ0) is 17.4. The molecule has 2 aromatic carbocycles. The molecule has 2 aromatic rings. The number of benzene rings is 2. The first kappa shape index (κ1) is 17.8. The Morgan fingerprint density at radius 3 is 2.54 bits per heavy atom. The van der Waals surface area contributed by atoms with E-state index in [9.17, 15) is 4.79 Å². The second-order valence-corrected chi connectivity index (χ2v) is 5.81. The molecule has 0 radical (unpaired) electrons. The lowest BCUT2D eigenvalue weighted by Gasteiger charge is -2.17. The lowest BCUT2D eigenvalue weighted by Crippen LogP contribution is -2.16. The third-order valence-electron chi connectivity index (χ3n) is 3.63. The van der Waals surface area contributed by atoms with Crippen LogP contribution in [0.4, 0.5) is 0 Å². The molecule has 0 fully saturated rings. The second kappa shape index (κ2) is 8.92. The van der Waals surface area contributed by atoms with Crippen LogP contribution < -0.4 is 4.74 Å². The van der Waals surface area contributed by atoms with Crippen molar-refractivity contribution in [2.45, 2.75) is 32.8 Å². The maximum absolute atomic E-state index is 12.3. The van der Waals surface area contributed by atoms with Crippen molar-refractivity contribution in [2.75, 3.05) is 6.61 Å². The molecule has 0 saturated carbocycles. The molecule has 0 aliphatic heterocycles. The maximum Gasteiger partial charge on any atom is 0.313 e. The van der Waals surface area contributed by atoms with Gasteiger partial charge in [0.15, 0.2) is 0 Å². The van der Waals surface area contributed by atoms with Crippen LogP contribution in [0.3, 0.4) is 0 Å². The van der Waals surface area contributed by atoms with Gasteiger partial charge in [0.2, 0.25) is 0 Å². The number of carbonyl (C=O) groups excluding carboxylic acids is 1. The van der Waals surface area contributed by atoms with Gasteiger partial charge in [-0.05, 0) is 43.5 Å². The summed E-state index contributed by atoms with van der Waals surface area (Å²) in [6, 6.07) is 17.6. The zero-order valence-electron chi connectivity index (χ0n) is 14.3. The van der Waals surface area contributed by atoms with E-state index >= 15 is 0 Å². The fourth-order valence-corrected chi connectivity index (χ4v) is 2.49. The van der Waals surface area contributed by atoms with Gasteiger partial charge in [0.05, 0.1) is 12.5 Å². The van der Waals surface area contributed by atoms with E-state index in [0.717, 1.165) is 22.4 Å². The molecule has 1 atom stereocenters. The number of ether oxygens (including phenoxy) is 2. The third kappa shape index (κ3) is 5.27. The Hall–Kier alpha value is -2.55. The first-order valence-electron chi connectivity index (χ1n) is 8.18. The molecule has 0 aliphatic rings. The van der Waals surface area contributed by atoms with Crippen molar-refractivity contribution in [3.05, 3.63) is 77.9 Å². The number of esters is 1. The van der Waals surface area contributed by atoms with Crippen molar-refractivity contribution in [3.63, 3.8) is 0 Å². The van der Waals surface area contributed by atoms with Crippen LogP contribution in [-0.4, -0.2) is 12.6 Å². The summed E-state index contributed by atoms with van der Waals surface area (Å²) in [5.74, 6) is 0.177. The minimum absolute atomic E-state index is 0.222. The number of hydrogen-bond acceptors (Lipinski definition) is 3. The van der Waals surface area contributed by atoms with Gasteiger partial charge < -0.3 is 9.47 Å². The molecule has 2 rings (SSSR count). The highest BCUT2D eigenvalue weighted by atomic mass is 16.5. The highest BCUT2D eigenvalue weighted by Crippen LogP contribution is 2.27. The second-order valence-electron chi connectivity index (χ2n) is 5.81. The summed E-state index contributed by atoms with van der Waals surface area (Å²) in [4.78, 5) is 12.3. The van der Waals surface area contributed by atoms with E-state index in [1.807, 2.05) is 68.4 Å². The molecule has 0 aliphatic carbocycles. The number of carbonyl (C=O) groups is 1. The van der Waals surface area contributed by atoms with Gasteiger partial charge in [-0.15, -0.1) is 6.58 Å². The molecule has 0 N–H and O–H groups in total. The number of allylic oxidation sites excluding steroid dienone is 1. The van der Waals surface area contributed by atoms with Gasteiger partial charge in [0.25, 0.3) is 0 Å². The van der Waals surface area contributed by atoms with Gasteiger partial charge in [-0.2, -0.15) is 0 Å². The minimum Gasteiger partial charge on any atom is -0.489 e. The molecule has 0 spiro atoms. The molecule has 126 valence electrons. The Labute approximate surface area is 143 Å². The largest absolute Gasteiger partial charge is 0.489 e. The summed E-state index contributed by atoms with van der Waals surface area (Å²) in [7, 11) is 0. The number of rotatable bonds is 8. The Bertz CT molecular complexity index is 676. The van der Waals surface area contributed by atoms with Crippen molar-refractivity contribution in [2.24, 2.45) is 0 Å². The van der Waals surface area contributed by atoms with Crippen LogP contribution in [-0.2, 0) is 16.1 Å². The van der Waals surface area contributed by atoms with Crippen molar-refractivity contribution in [3.8, 4) is 5.75 Å². The van der Waals surface area contributed by atoms with E-state index in [-0.39, 0.29) is 11.9 Å². The van der Waals surface area contributed by atoms with Gasteiger partial charge in [0.1, 0.15) is 12.4 Å². The maximum atomic E-state index is 12.3. The Kier molecular flexibility index (Phi) is 6.62. The van der Waals surface area contributed by atoms with Crippen LogP contribution in [0, 0.1) is 0 Å². The Morgan fingerprint density at radius 1 is 1.12 bits per heavy atom. The van der Waals surface area contributed by atoms with Crippen molar-refractivity contribution in [1.29, 1.82) is 0 Å². The summed E-state index contributed by atoms with van der Waals surface area (Å²) in [5.41, 5.74) is 2.94. The first-order chi connectivity index (χ1) is 11.6. The standard InChI is InChI=1S/C21H24O3/c1-4-23-21(22)20(13-16(2)3)18-11-8-12-19(14-18)24-15-17-9-6-5-7-10-17/h5-12,14,20H,2,4,13,15H2,1,3H3. The van der Waals surface area contributed by atoms with Crippen molar-refractivity contribution < 1.29 is 14.3 Å². The summed E-state index contributed by atoms with van der Waals surface area (Å²) in [5, 5.41) is 0. The Morgan fingerprint density at radius 2 is 1.88 bits per heavy atom. The molecule has 0 heterocycles. The highest BCUT2D eigenvalue weighted by Gasteiger charge is 2.22. The topological polar surface area (TPSA) is 35.5 Å². The molecular formula is C21H24O3. The average molecular weight is 324 g/mol. The molecule has 24 heavy (non-hydrogen) atoms. The molecule has 3 heteroatoms. The van der Waals surface area contributed by atoms with E-state index in [4.69, 9.17) is 9.47 Å². The zero-order valence-corrected chi connectivity index (χ0v) is 14.3. The monoisotopic (exact) mass is 324 g/mol. The van der Waals surface area contributed by atoms with Crippen LogP contribution in [0.25, 0.3) is 0 Å². The SMILES string of the molecule is C=C(C)CC(C(=O)OCC)c1cccc(OCc2ccccc2)c1. The summed E-state index contributed by atoms with van der Waals surface area (Å²) in [6.45, 7) is 8.52. The van der Waals surface area contributed by atoms with E-state index < -0.39 is 0 Å². The van der Waals surface area contributed by atoms with Gasteiger partial charge in [-0.1, -0.05) is 48.0 Å². The van der Waals surface area contributed by atoms with E-state index in [2.05, 4.69) is 6.58 Å². The third-order valence-corrected chi connectivity index (χ3v) is 3.63. The van der Waals surface area contributed by atoms with E-state index in [1.54, 1.807) is 0 Å². The average Bonchev–Trinajstić information content (AvgIpc) is 2.59. The van der Waals surface area contributed by atoms with Gasteiger partial charge >= 0.3 is 5.97 Å². The quantitative estimate of drug-likeness (QED) is 0.513. The fraction of sp³-hybridized carbons (Fsp3) is 0.286. The van der Waals surface area contributed by atoms with Gasteiger partial charge in [0, 0.05) is 0 Å². The van der Waals surface area contributed by atoms with Gasteiger partial charge in [-0.3, -0.25) is 4.79 Å². The first-order valence-corrected chi connectivity index (χ1v) is 8.18. The van der Waals surface area contributed by atoms with E-state index in [1.165, 1.54) is 0 Å². The predicted molar refractivity (Wildman–Crippen MR) is 96.0 cm³/mol. The normalized spacial score (nSPS) is 11.6. The lowest BCUT2D eigenvalue weighted by molar-refractivity contribution is -0.144. The van der Waals surface area contributed by atoms with Gasteiger partial charge in [-0.25, -0.2) is 0 Å². The predicted octanol–water partition coefficient (Wildman–Crippen LogP) is 4.88. The summed E-state index contributed by atoms with van der Waals surface area (Å²) < 4.78 is 11.1. The molecular weight excluding hydrogens is 300 g/mol. The number of hydrogen-bond donors (Lipinski definition) is 0. The van der Waals surface area contributed by atoms with E-state index in [0.29, 0.717) is 19.6 Å². The molecule has 0 amide bonds. The smallest absolute Gasteiger partial charge is 0.313 e. The van der Waals surface area contributed by atoms with Crippen LogP contribution in [0.15, 0.2) is 66.7 Å². The van der Waals surface area contributed by atoms with Crippen LogP contribution in [0.1, 0.15) is 37.3 Å². The minimum atomic E-state index is -0.345. The molecule has 3 nitrogen and oxygen atoms in total. The lowest BCUT2D eigenvalue weighted by atomic mass is 9.93. The van der Waals surface area contributed by atoms with Crippen molar-refractivity contribution >= 4 is 5.97 Å².